The minimum atomic E-state index is -0.563. The number of rotatable bonds is 6. The number of carbonyl (C=O) groups excluding carboxylic acids is 1. The molecule has 19 heavy (non-hydrogen) atoms. The monoisotopic (exact) mass is 267 g/mol. The fraction of sp³-hybridized carbons (Fsp3) is 0.615. The first-order chi connectivity index (χ1) is 8.94. The van der Waals surface area contributed by atoms with Crippen LogP contribution in [0.3, 0.4) is 0 Å². The summed E-state index contributed by atoms with van der Waals surface area (Å²) >= 11 is 0. The van der Waals surface area contributed by atoms with Crippen LogP contribution in [0, 0.1) is 6.92 Å². The second kappa shape index (κ2) is 6.47. The van der Waals surface area contributed by atoms with E-state index in [9.17, 15) is 4.79 Å². The van der Waals surface area contributed by atoms with Gasteiger partial charge in [-0.15, -0.1) is 0 Å². The van der Waals surface area contributed by atoms with Crippen LogP contribution in [0.4, 0.5) is 5.82 Å². The predicted molar refractivity (Wildman–Crippen MR) is 72.1 cm³/mol. The van der Waals surface area contributed by atoms with Crippen LogP contribution in [0.1, 0.15) is 43.0 Å². The summed E-state index contributed by atoms with van der Waals surface area (Å²) in [6, 6.07) is 1.76. The van der Waals surface area contributed by atoms with Gasteiger partial charge < -0.3 is 15.2 Å². The molecule has 0 aromatic carbocycles. The van der Waals surface area contributed by atoms with E-state index < -0.39 is 5.97 Å². The lowest BCUT2D eigenvalue weighted by atomic mass is 9.95. The first-order valence-corrected chi connectivity index (χ1v) is 6.27. The van der Waals surface area contributed by atoms with Crippen molar-refractivity contribution in [3.05, 3.63) is 17.6 Å². The maximum Gasteiger partial charge on any atom is 0.376 e. The predicted octanol–water partition coefficient (Wildman–Crippen LogP) is 1.53. The van der Waals surface area contributed by atoms with Gasteiger partial charge in [0.05, 0.1) is 7.11 Å². The minimum absolute atomic E-state index is 0.0347. The molecule has 0 bridgehead atoms. The molecule has 0 aliphatic carbocycles. The Bertz CT molecular complexity index is 451. The van der Waals surface area contributed by atoms with Crippen LogP contribution in [0.2, 0.25) is 0 Å². The average molecular weight is 267 g/mol. The Labute approximate surface area is 113 Å². The quantitative estimate of drug-likeness (QED) is 0.760. The zero-order valence-electron chi connectivity index (χ0n) is 11.9. The molecule has 6 nitrogen and oxygen atoms in total. The zero-order valence-corrected chi connectivity index (χ0v) is 11.9. The van der Waals surface area contributed by atoms with E-state index in [1.54, 1.807) is 13.0 Å². The number of anilines is 1. The van der Waals surface area contributed by atoms with Gasteiger partial charge in [-0.1, -0.05) is 6.92 Å². The molecule has 0 saturated heterocycles. The number of aromatic nitrogens is 2. The molecule has 0 radical (unpaired) electrons. The van der Waals surface area contributed by atoms with E-state index in [2.05, 4.69) is 20.0 Å². The van der Waals surface area contributed by atoms with Gasteiger partial charge in [0, 0.05) is 23.9 Å². The number of aliphatic hydroxyl groups excluding tert-OH is 1. The number of esters is 1. The number of ether oxygens (including phenoxy) is 1. The highest BCUT2D eigenvalue weighted by molar-refractivity contribution is 5.85. The van der Waals surface area contributed by atoms with Crippen LogP contribution in [0.25, 0.3) is 0 Å². The van der Waals surface area contributed by atoms with Gasteiger partial charge in [0.2, 0.25) is 5.82 Å². The summed E-state index contributed by atoms with van der Waals surface area (Å²) in [6.07, 6.45) is 1.42. The summed E-state index contributed by atoms with van der Waals surface area (Å²) in [5.41, 5.74) is 0.406. The average Bonchev–Trinajstić information content (AvgIpc) is 2.37. The maximum absolute atomic E-state index is 11.5. The van der Waals surface area contributed by atoms with Gasteiger partial charge in [-0.2, -0.15) is 0 Å². The van der Waals surface area contributed by atoms with Crippen LogP contribution < -0.4 is 5.32 Å². The fourth-order valence-electron chi connectivity index (χ4n) is 1.70. The summed E-state index contributed by atoms with van der Waals surface area (Å²) in [7, 11) is 1.29. The lowest BCUT2D eigenvalue weighted by molar-refractivity contribution is 0.0586. The Morgan fingerprint density at radius 2 is 2.21 bits per heavy atom. The third-order valence-electron chi connectivity index (χ3n) is 3.10. The highest BCUT2D eigenvalue weighted by Gasteiger charge is 2.22. The van der Waals surface area contributed by atoms with Crippen molar-refractivity contribution >= 4 is 11.8 Å². The van der Waals surface area contributed by atoms with Gasteiger partial charge in [-0.05, 0) is 26.7 Å². The molecule has 0 saturated carbocycles. The SMILES string of the molecule is CCC(C)(CCO)Nc1cc(C)nc(C(=O)OC)n1. The third-order valence-corrected chi connectivity index (χ3v) is 3.10. The largest absolute Gasteiger partial charge is 0.463 e. The molecule has 1 heterocycles. The molecule has 0 aliphatic heterocycles. The van der Waals surface area contributed by atoms with Crippen molar-refractivity contribution < 1.29 is 14.6 Å². The van der Waals surface area contributed by atoms with E-state index in [0.29, 0.717) is 17.9 Å². The minimum Gasteiger partial charge on any atom is -0.463 e. The molecule has 2 N–H and O–H groups in total. The highest BCUT2D eigenvalue weighted by Crippen LogP contribution is 2.20. The van der Waals surface area contributed by atoms with Crippen molar-refractivity contribution in [2.45, 2.75) is 39.2 Å². The lowest BCUT2D eigenvalue weighted by Gasteiger charge is -2.29. The molecule has 1 unspecified atom stereocenters. The third kappa shape index (κ3) is 4.17. The lowest BCUT2D eigenvalue weighted by Crippen LogP contribution is -2.35. The fourth-order valence-corrected chi connectivity index (χ4v) is 1.70. The Morgan fingerprint density at radius 1 is 1.53 bits per heavy atom. The molecular formula is C13H21N3O3. The van der Waals surface area contributed by atoms with Crippen LogP contribution in [0.15, 0.2) is 6.07 Å². The van der Waals surface area contributed by atoms with E-state index in [-0.39, 0.29) is 18.0 Å². The Balaban J connectivity index is 3.00. The molecule has 1 rings (SSSR count). The Kier molecular flexibility index (Phi) is 5.23. The molecule has 1 aromatic rings. The molecule has 106 valence electrons. The first-order valence-electron chi connectivity index (χ1n) is 6.27. The van der Waals surface area contributed by atoms with Gasteiger partial charge >= 0.3 is 5.97 Å². The molecule has 6 heteroatoms. The van der Waals surface area contributed by atoms with E-state index >= 15 is 0 Å². The van der Waals surface area contributed by atoms with Gasteiger partial charge in [0.1, 0.15) is 5.82 Å². The molecule has 0 fully saturated rings. The molecule has 1 aromatic heterocycles. The summed E-state index contributed by atoms with van der Waals surface area (Å²) in [4.78, 5) is 19.6. The summed E-state index contributed by atoms with van der Waals surface area (Å²) in [6.45, 7) is 5.90. The van der Waals surface area contributed by atoms with Gasteiger partial charge in [0.25, 0.3) is 0 Å². The second-order valence-electron chi connectivity index (χ2n) is 4.72. The molecule has 0 amide bonds. The molecule has 0 spiro atoms. The maximum atomic E-state index is 11.5. The number of hydrogen-bond acceptors (Lipinski definition) is 6. The van der Waals surface area contributed by atoms with Crippen molar-refractivity contribution in [1.29, 1.82) is 0 Å². The first kappa shape index (κ1) is 15.4. The number of carbonyl (C=O) groups is 1. The smallest absolute Gasteiger partial charge is 0.376 e. The Hall–Kier alpha value is -1.69. The van der Waals surface area contributed by atoms with Crippen LogP contribution in [-0.4, -0.2) is 40.3 Å². The zero-order chi connectivity index (χ0) is 14.5. The number of hydrogen-bond donors (Lipinski definition) is 2. The number of aliphatic hydroxyl groups is 1. The summed E-state index contributed by atoms with van der Waals surface area (Å²) in [5, 5.41) is 12.3. The van der Waals surface area contributed by atoms with Crippen LogP contribution in [-0.2, 0) is 4.74 Å². The highest BCUT2D eigenvalue weighted by atomic mass is 16.5. The second-order valence-corrected chi connectivity index (χ2v) is 4.72. The van der Waals surface area contributed by atoms with Crippen molar-refractivity contribution in [2.75, 3.05) is 19.0 Å². The number of nitrogens with one attached hydrogen (secondary N) is 1. The van der Waals surface area contributed by atoms with Crippen LogP contribution in [0.5, 0.6) is 0 Å². The molecule has 0 aliphatic rings. The van der Waals surface area contributed by atoms with Crippen molar-refractivity contribution in [1.82, 2.24) is 9.97 Å². The van der Waals surface area contributed by atoms with Crippen LogP contribution >= 0.6 is 0 Å². The normalized spacial score (nSPS) is 13.7. The Morgan fingerprint density at radius 3 is 2.74 bits per heavy atom. The summed E-state index contributed by atoms with van der Waals surface area (Å²) < 4.78 is 4.62. The van der Waals surface area contributed by atoms with Crippen molar-refractivity contribution in [2.24, 2.45) is 0 Å². The molecular weight excluding hydrogens is 246 g/mol. The summed E-state index contributed by atoms with van der Waals surface area (Å²) in [5.74, 6) is 0.0326. The number of aryl methyl sites for hydroxylation is 1. The van der Waals surface area contributed by atoms with E-state index in [1.807, 2.05) is 13.8 Å². The van der Waals surface area contributed by atoms with E-state index in [4.69, 9.17) is 5.11 Å². The van der Waals surface area contributed by atoms with Crippen molar-refractivity contribution in [3.63, 3.8) is 0 Å². The van der Waals surface area contributed by atoms with E-state index in [0.717, 1.165) is 6.42 Å². The number of nitrogens with zero attached hydrogens (tertiary/aromatic N) is 2. The van der Waals surface area contributed by atoms with Gasteiger partial charge in [-0.3, -0.25) is 0 Å². The van der Waals surface area contributed by atoms with Gasteiger partial charge in [-0.25, -0.2) is 14.8 Å². The number of methoxy groups -OCH3 is 1. The van der Waals surface area contributed by atoms with Crippen molar-refractivity contribution in [3.8, 4) is 0 Å². The topological polar surface area (TPSA) is 84.3 Å². The van der Waals surface area contributed by atoms with Gasteiger partial charge in [0.15, 0.2) is 0 Å². The molecule has 1 atom stereocenters. The standard InChI is InChI=1S/C13H21N3O3/c1-5-13(3,6-7-17)16-10-8-9(2)14-11(15-10)12(18)19-4/h8,17H,5-7H2,1-4H3,(H,14,15,16). The van der Waals surface area contributed by atoms with E-state index in [1.165, 1.54) is 7.11 Å².